The van der Waals surface area contributed by atoms with Crippen LogP contribution >= 0.6 is 0 Å². The summed E-state index contributed by atoms with van der Waals surface area (Å²) in [6, 6.07) is 11.3. The molecule has 0 saturated carbocycles. The smallest absolute Gasteiger partial charge is 0.0381 e. The fourth-order valence-corrected chi connectivity index (χ4v) is 3.87. The molecule has 0 radical (unpaired) electrons. The molecule has 1 N–H and O–H groups in total. The Morgan fingerprint density at radius 3 is 2.33 bits per heavy atom. The summed E-state index contributed by atoms with van der Waals surface area (Å²) in [5.74, 6) is 0.957. The van der Waals surface area contributed by atoms with Crippen molar-refractivity contribution in [1.82, 2.24) is 10.2 Å². The van der Waals surface area contributed by atoms with Crippen molar-refractivity contribution < 1.29 is 0 Å². The van der Waals surface area contributed by atoms with Crippen molar-refractivity contribution in [1.29, 1.82) is 0 Å². The Bertz CT molecular complexity index is 405. The zero-order chi connectivity index (χ0) is 15.3. The van der Waals surface area contributed by atoms with Gasteiger partial charge in [-0.15, -0.1) is 0 Å². The van der Waals surface area contributed by atoms with Crippen LogP contribution in [0.15, 0.2) is 30.3 Å². The second kappa shape index (κ2) is 7.42. The summed E-state index contributed by atoms with van der Waals surface area (Å²) in [6.45, 7) is 10.8. The summed E-state index contributed by atoms with van der Waals surface area (Å²) in [4.78, 5) is 2.67. The highest BCUT2D eigenvalue weighted by Gasteiger charge is 2.32. The summed E-state index contributed by atoms with van der Waals surface area (Å²) >= 11 is 0. The minimum atomic E-state index is 0.231. The van der Waals surface area contributed by atoms with Gasteiger partial charge in [0.05, 0.1) is 0 Å². The van der Waals surface area contributed by atoms with Gasteiger partial charge in [-0.3, -0.25) is 0 Å². The largest absolute Gasteiger partial charge is 0.313 e. The maximum absolute atomic E-state index is 3.54. The van der Waals surface area contributed by atoms with Gasteiger partial charge in [-0.05, 0) is 49.9 Å². The SMILES string of the molecule is CCC1CCN(CC(C)(C)C(NC)c2ccccc2)CC1. The van der Waals surface area contributed by atoms with Gasteiger partial charge in [-0.2, -0.15) is 0 Å². The van der Waals surface area contributed by atoms with Crippen molar-refractivity contribution in [2.75, 3.05) is 26.7 Å². The first-order chi connectivity index (χ1) is 10.1. The van der Waals surface area contributed by atoms with Crippen molar-refractivity contribution >= 4 is 0 Å². The highest BCUT2D eigenvalue weighted by molar-refractivity contribution is 5.21. The molecule has 1 fully saturated rings. The normalized spacial score (nSPS) is 19.6. The van der Waals surface area contributed by atoms with Gasteiger partial charge < -0.3 is 10.2 Å². The fraction of sp³-hybridized carbons (Fsp3) is 0.684. The Morgan fingerprint density at radius 2 is 1.81 bits per heavy atom. The second-order valence-electron chi connectivity index (χ2n) is 7.25. The number of rotatable bonds is 6. The van der Waals surface area contributed by atoms with Crippen molar-refractivity contribution in [3.05, 3.63) is 35.9 Å². The van der Waals surface area contributed by atoms with Gasteiger partial charge in [-0.1, -0.05) is 57.5 Å². The molecule has 0 aromatic heterocycles. The second-order valence-corrected chi connectivity index (χ2v) is 7.25. The molecule has 1 aliphatic rings. The molecule has 2 rings (SSSR count). The predicted octanol–water partition coefficient (Wildman–Crippen LogP) is 4.10. The highest BCUT2D eigenvalue weighted by atomic mass is 15.1. The standard InChI is InChI=1S/C19H32N2/c1-5-16-11-13-21(14-12-16)15-19(2,3)18(20-4)17-9-7-6-8-10-17/h6-10,16,18,20H,5,11-15H2,1-4H3. The number of hydrogen-bond donors (Lipinski definition) is 1. The Hall–Kier alpha value is -0.860. The highest BCUT2D eigenvalue weighted by Crippen LogP contribution is 2.35. The van der Waals surface area contributed by atoms with Crippen LogP contribution in [-0.2, 0) is 0 Å². The maximum Gasteiger partial charge on any atom is 0.0381 e. The molecule has 0 amide bonds. The molecule has 2 heteroatoms. The Labute approximate surface area is 130 Å². The van der Waals surface area contributed by atoms with Crippen LogP contribution in [-0.4, -0.2) is 31.6 Å². The van der Waals surface area contributed by atoms with E-state index in [1.165, 1.54) is 44.5 Å². The van der Waals surface area contributed by atoms with E-state index < -0.39 is 0 Å². The summed E-state index contributed by atoms with van der Waals surface area (Å²) in [5, 5.41) is 3.54. The molecule has 118 valence electrons. The third kappa shape index (κ3) is 4.31. The summed E-state index contributed by atoms with van der Waals surface area (Å²) in [6.07, 6.45) is 4.10. The molecule has 1 aromatic rings. The lowest BCUT2D eigenvalue weighted by Crippen LogP contribution is -2.44. The molecule has 2 nitrogen and oxygen atoms in total. The maximum atomic E-state index is 3.54. The van der Waals surface area contributed by atoms with Crippen LogP contribution in [0.25, 0.3) is 0 Å². The fourth-order valence-electron chi connectivity index (χ4n) is 3.87. The van der Waals surface area contributed by atoms with Gasteiger partial charge >= 0.3 is 0 Å². The van der Waals surface area contributed by atoms with Crippen LogP contribution in [0.1, 0.15) is 51.6 Å². The van der Waals surface area contributed by atoms with Crippen LogP contribution < -0.4 is 5.32 Å². The van der Waals surface area contributed by atoms with Gasteiger partial charge in [-0.25, -0.2) is 0 Å². The molecule has 1 heterocycles. The number of likely N-dealkylation sites (tertiary alicyclic amines) is 1. The Balaban J connectivity index is 2.00. The molecule has 1 unspecified atom stereocenters. The van der Waals surface area contributed by atoms with Gasteiger partial charge in [0.15, 0.2) is 0 Å². The number of piperidine rings is 1. The molecular weight excluding hydrogens is 256 g/mol. The quantitative estimate of drug-likeness (QED) is 0.848. The zero-order valence-corrected chi connectivity index (χ0v) is 14.2. The van der Waals surface area contributed by atoms with E-state index >= 15 is 0 Å². The van der Waals surface area contributed by atoms with E-state index in [0.717, 1.165) is 5.92 Å². The topological polar surface area (TPSA) is 15.3 Å². The first kappa shape index (κ1) is 16.5. The van der Waals surface area contributed by atoms with E-state index in [9.17, 15) is 0 Å². The first-order valence-electron chi connectivity index (χ1n) is 8.51. The van der Waals surface area contributed by atoms with Gasteiger partial charge in [0.2, 0.25) is 0 Å². The van der Waals surface area contributed by atoms with E-state index in [0.29, 0.717) is 6.04 Å². The van der Waals surface area contributed by atoms with Crippen LogP contribution in [0.2, 0.25) is 0 Å². The molecule has 1 atom stereocenters. The molecule has 1 saturated heterocycles. The lowest BCUT2D eigenvalue weighted by molar-refractivity contribution is 0.103. The summed E-state index contributed by atoms with van der Waals surface area (Å²) < 4.78 is 0. The summed E-state index contributed by atoms with van der Waals surface area (Å²) in [7, 11) is 2.09. The van der Waals surface area contributed by atoms with Gasteiger partial charge in [0, 0.05) is 12.6 Å². The molecule has 1 aromatic carbocycles. The molecule has 0 spiro atoms. The zero-order valence-electron chi connectivity index (χ0n) is 14.2. The monoisotopic (exact) mass is 288 g/mol. The van der Waals surface area contributed by atoms with Crippen LogP contribution in [0.4, 0.5) is 0 Å². The van der Waals surface area contributed by atoms with Gasteiger partial charge in [0.1, 0.15) is 0 Å². The third-order valence-corrected chi connectivity index (χ3v) is 5.12. The number of hydrogen-bond acceptors (Lipinski definition) is 2. The lowest BCUT2D eigenvalue weighted by atomic mass is 9.79. The molecular formula is C19H32N2. The molecule has 0 aliphatic carbocycles. The van der Waals surface area contributed by atoms with Crippen LogP contribution in [0.5, 0.6) is 0 Å². The van der Waals surface area contributed by atoms with Crippen molar-refractivity contribution in [3.8, 4) is 0 Å². The number of nitrogens with one attached hydrogen (secondary N) is 1. The van der Waals surface area contributed by atoms with Crippen molar-refractivity contribution in [3.63, 3.8) is 0 Å². The van der Waals surface area contributed by atoms with Gasteiger partial charge in [0.25, 0.3) is 0 Å². The Morgan fingerprint density at radius 1 is 1.19 bits per heavy atom. The van der Waals surface area contributed by atoms with Crippen molar-refractivity contribution in [2.24, 2.45) is 11.3 Å². The summed E-state index contributed by atoms with van der Waals surface area (Å²) in [5.41, 5.74) is 1.63. The molecule has 1 aliphatic heterocycles. The van der Waals surface area contributed by atoms with E-state index in [4.69, 9.17) is 0 Å². The Kier molecular flexibility index (Phi) is 5.83. The number of nitrogens with zero attached hydrogens (tertiary/aromatic N) is 1. The van der Waals surface area contributed by atoms with Crippen molar-refractivity contribution in [2.45, 2.75) is 46.1 Å². The predicted molar refractivity (Wildman–Crippen MR) is 91.5 cm³/mol. The average molecular weight is 288 g/mol. The van der Waals surface area contributed by atoms with E-state index in [1.54, 1.807) is 0 Å². The van der Waals surface area contributed by atoms with E-state index in [2.05, 4.69) is 68.4 Å². The van der Waals surface area contributed by atoms with Crippen LogP contribution in [0.3, 0.4) is 0 Å². The average Bonchev–Trinajstić information content (AvgIpc) is 2.49. The first-order valence-corrected chi connectivity index (χ1v) is 8.51. The lowest BCUT2D eigenvalue weighted by Gasteiger charge is -2.41. The minimum absolute atomic E-state index is 0.231. The van der Waals surface area contributed by atoms with E-state index in [1.807, 2.05) is 0 Å². The van der Waals surface area contributed by atoms with E-state index in [-0.39, 0.29) is 5.41 Å². The number of benzene rings is 1. The molecule has 0 bridgehead atoms. The minimum Gasteiger partial charge on any atom is -0.313 e. The third-order valence-electron chi connectivity index (χ3n) is 5.12. The van der Waals surface area contributed by atoms with Crippen LogP contribution in [0, 0.1) is 11.3 Å². The molecule has 21 heavy (non-hydrogen) atoms.